The van der Waals surface area contributed by atoms with E-state index in [4.69, 9.17) is 28.9 Å². The number of thiocarbonyl (C=S) groups is 1. The summed E-state index contributed by atoms with van der Waals surface area (Å²) in [6.07, 6.45) is 1.41. The number of hydrogen-bond donors (Lipinski definition) is 3. The van der Waals surface area contributed by atoms with Crippen molar-refractivity contribution in [1.29, 1.82) is 0 Å². The summed E-state index contributed by atoms with van der Waals surface area (Å²) < 4.78 is 0. The van der Waals surface area contributed by atoms with Gasteiger partial charge in [0, 0.05) is 0 Å². The first-order valence-electron chi connectivity index (χ1n) is 6.03. The van der Waals surface area contributed by atoms with Crippen molar-refractivity contribution in [1.82, 2.24) is 15.8 Å². The topological polar surface area (TPSA) is 80.0 Å². The number of rotatable bonds is 2. The molecule has 0 unspecified atom stereocenters. The fourth-order valence-corrected chi connectivity index (χ4v) is 3.17. The summed E-state index contributed by atoms with van der Waals surface area (Å²) in [5.74, 6) is 0.234. The van der Waals surface area contributed by atoms with Crippen LogP contribution in [0.25, 0.3) is 0 Å². The molecule has 0 atom stereocenters. The zero-order valence-corrected chi connectivity index (χ0v) is 13.1. The summed E-state index contributed by atoms with van der Waals surface area (Å²) in [6, 6.07) is 3.33. The summed E-state index contributed by atoms with van der Waals surface area (Å²) >= 11 is 16.5. The van der Waals surface area contributed by atoms with Crippen molar-refractivity contribution >= 4 is 46.4 Å². The number of amides is 1. The van der Waals surface area contributed by atoms with Gasteiger partial charge in [0.15, 0.2) is 5.11 Å². The Morgan fingerprint density at radius 3 is 2.40 bits per heavy atom. The average molecular weight is 333 g/mol. The molecule has 8 heteroatoms. The minimum absolute atomic E-state index is 0.00617. The molecule has 1 aromatic rings. The van der Waals surface area contributed by atoms with Gasteiger partial charge in [0.2, 0.25) is 5.91 Å². The van der Waals surface area contributed by atoms with Gasteiger partial charge in [0.05, 0.1) is 5.41 Å². The molecule has 5 nitrogen and oxygen atoms in total. The third-order valence-electron chi connectivity index (χ3n) is 3.44. The van der Waals surface area contributed by atoms with Crippen LogP contribution in [0.2, 0.25) is 10.3 Å². The number of carbonyl (C=O) groups is 1. The Morgan fingerprint density at radius 2 is 1.95 bits per heavy atom. The molecular formula is C12H14Cl2N4OS. The molecule has 2 rings (SSSR count). The molecular weight excluding hydrogens is 319 g/mol. The van der Waals surface area contributed by atoms with Crippen LogP contribution >= 0.6 is 35.4 Å². The predicted octanol–water partition coefficient (Wildman–Crippen LogP) is 1.92. The lowest BCUT2D eigenvalue weighted by atomic mass is 9.59. The van der Waals surface area contributed by atoms with E-state index in [1.165, 1.54) is 0 Å². The van der Waals surface area contributed by atoms with Crippen molar-refractivity contribution in [2.45, 2.75) is 25.2 Å². The standard InChI is InChI=1S/C12H14Cl2N4OS/c1-6-4-12(5-6,10(19)17-18-11(15)20)7-2-8(13)16-9(14)3-7/h2-3,6H,4-5H2,1H3,(H,17,19)(H3,15,18,20). The molecule has 0 saturated heterocycles. The van der Waals surface area contributed by atoms with Gasteiger partial charge in [-0.1, -0.05) is 30.1 Å². The van der Waals surface area contributed by atoms with Crippen LogP contribution in [-0.2, 0) is 10.2 Å². The van der Waals surface area contributed by atoms with E-state index in [0.29, 0.717) is 18.8 Å². The van der Waals surface area contributed by atoms with Crippen LogP contribution in [0.15, 0.2) is 12.1 Å². The monoisotopic (exact) mass is 332 g/mol. The van der Waals surface area contributed by atoms with Crippen LogP contribution < -0.4 is 16.6 Å². The largest absolute Gasteiger partial charge is 0.375 e. The average Bonchev–Trinajstić information content (AvgIpc) is 2.30. The van der Waals surface area contributed by atoms with Gasteiger partial charge in [-0.15, -0.1) is 0 Å². The Hall–Kier alpha value is -1.11. The van der Waals surface area contributed by atoms with Gasteiger partial charge in [-0.05, 0) is 48.7 Å². The Labute approximate surface area is 132 Å². The maximum absolute atomic E-state index is 12.4. The SMILES string of the molecule is CC1CC(C(=O)NNC(N)=S)(c2cc(Cl)nc(Cl)c2)C1. The third kappa shape index (κ3) is 2.97. The van der Waals surface area contributed by atoms with E-state index in [-0.39, 0.29) is 21.3 Å². The first-order chi connectivity index (χ1) is 9.33. The minimum Gasteiger partial charge on any atom is -0.375 e. The van der Waals surface area contributed by atoms with Crippen molar-refractivity contribution in [2.75, 3.05) is 0 Å². The highest BCUT2D eigenvalue weighted by Gasteiger charge is 2.50. The number of hydrogen-bond acceptors (Lipinski definition) is 3. The molecule has 0 radical (unpaired) electrons. The molecule has 1 heterocycles. The molecule has 4 N–H and O–H groups in total. The number of nitrogens with zero attached hydrogens (tertiary/aromatic N) is 1. The smallest absolute Gasteiger partial charge is 0.249 e. The molecule has 0 bridgehead atoms. The minimum atomic E-state index is -0.673. The number of nitrogens with two attached hydrogens (primary N) is 1. The molecule has 1 aliphatic carbocycles. The Balaban J connectivity index is 2.30. The summed E-state index contributed by atoms with van der Waals surface area (Å²) in [5.41, 5.74) is 10.4. The zero-order chi connectivity index (χ0) is 14.9. The van der Waals surface area contributed by atoms with Gasteiger partial charge >= 0.3 is 0 Å². The van der Waals surface area contributed by atoms with Gasteiger partial charge in [-0.2, -0.15) is 0 Å². The van der Waals surface area contributed by atoms with Crippen LogP contribution in [0.4, 0.5) is 0 Å². The molecule has 1 saturated carbocycles. The Kier molecular flexibility index (Phi) is 4.36. The fourth-order valence-electron chi connectivity index (χ4n) is 2.66. The van der Waals surface area contributed by atoms with Crippen molar-refractivity contribution in [3.8, 4) is 0 Å². The molecule has 1 amide bonds. The molecule has 0 aliphatic heterocycles. The number of pyridine rings is 1. The van der Waals surface area contributed by atoms with E-state index in [2.05, 4.69) is 35.0 Å². The molecule has 20 heavy (non-hydrogen) atoms. The van der Waals surface area contributed by atoms with E-state index in [1.807, 2.05) is 0 Å². The first kappa shape index (κ1) is 15.3. The normalized spacial score (nSPS) is 24.6. The quantitative estimate of drug-likeness (QED) is 0.438. The maximum atomic E-state index is 12.4. The molecule has 1 aromatic heterocycles. The lowest BCUT2D eigenvalue weighted by Gasteiger charge is -2.45. The van der Waals surface area contributed by atoms with E-state index < -0.39 is 5.41 Å². The predicted molar refractivity (Wildman–Crippen MR) is 82.4 cm³/mol. The summed E-state index contributed by atoms with van der Waals surface area (Å²) in [5, 5.41) is 0.537. The van der Waals surface area contributed by atoms with Crippen LogP contribution in [-0.4, -0.2) is 16.0 Å². The Bertz CT molecular complexity index is 540. The highest BCUT2D eigenvalue weighted by atomic mass is 35.5. The molecule has 1 aliphatic rings. The van der Waals surface area contributed by atoms with Gasteiger partial charge in [0.1, 0.15) is 10.3 Å². The maximum Gasteiger partial charge on any atom is 0.249 e. The second-order valence-corrected chi connectivity index (χ2v) is 6.25. The van der Waals surface area contributed by atoms with Crippen molar-refractivity contribution in [3.05, 3.63) is 28.0 Å². The van der Waals surface area contributed by atoms with Gasteiger partial charge in [0.25, 0.3) is 0 Å². The number of halogens is 2. The Morgan fingerprint density at radius 1 is 1.40 bits per heavy atom. The second kappa shape index (κ2) is 5.71. The number of aromatic nitrogens is 1. The van der Waals surface area contributed by atoms with Crippen LogP contribution in [0, 0.1) is 5.92 Å². The van der Waals surface area contributed by atoms with Crippen LogP contribution in [0.3, 0.4) is 0 Å². The number of carbonyl (C=O) groups excluding carboxylic acids is 1. The summed E-state index contributed by atoms with van der Waals surface area (Å²) in [7, 11) is 0. The molecule has 0 aromatic carbocycles. The highest BCUT2D eigenvalue weighted by Crippen LogP contribution is 2.48. The third-order valence-corrected chi connectivity index (χ3v) is 3.93. The zero-order valence-electron chi connectivity index (χ0n) is 10.7. The lowest BCUT2D eigenvalue weighted by Crippen LogP contribution is -2.57. The van der Waals surface area contributed by atoms with Crippen molar-refractivity contribution in [2.24, 2.45) is 11.7 Å². The van der Waals surface area contributed by atoms with Crippen molar-refractivity contribution in [3.63, 3.8) is 0 Å². The van der Waals surface area contributed by atoms with Gasteiger partial charge < -0.3 is 5.73 Å². The summed E-state index contributed by atoms with van der Waals surface area (Å²) in [6.45, 7) is 2.08. The second-order valence-electron chi connectivity index (χ2n) is 5.04. The van der Waals surface area contributed by atoms with E-state index in [1.54, 1.807) is 12.1 Å². The highest BCUT2D eigenvalue weighted by molar-refractivity contribution is 7.80. The first-order valence-corrected chi connectivity index (χ1v) is 7.19. The lowest BCUT2D eigenvalue weighted by molar-refractivity contribution is -0.132. The molecule has 1 fully saturated rings. The fraction of sp³-hybridized carbons (Fsp3) is 0.417. The van der Waals surface area contributed by atoms with Crippen LogP contribution in [0.5, 0.6) is 0 Å². The van der Waals surface area contributed by atoms with Gasteiger partial charge in [-0.3, -0.25) is 15.6 Å². The molecule has 108 valence electrons. The van der Waals surface area contributed by atoms with E-state index in [9.17, 15) is 4.79 Å². The van der Waals surface area contributed by atoms with Crippen LogP contribution in [0.1, 0.15) is 25.3 Å². The summed E-state index contributed by atoms with van der Waals surface area (Å²) in [4.78, 5) is 16.3. The van der Waals surface area contributed by atoms with E-state index >= 15 is 0 Å². The van der Waals surface area contributed by atoms with Gasteiger partial charge in [-0.25, -0.2) is 4.98 Å². The van der Waals surface area contributed by atoms with E-state index in [0.717, 1.165) is 5.56 Å². The number of nitrogens with one attached hydrogen (secondary N) is 2. The molecule has 0 spiro atoms. The number of hydrazine groups is 1. The van der Waals surface area contributed by atoms with Crippen molar-refractivity contribution < 1.29 is 4.79 Å².